The molecule has 3 nitrogen and oxygen atoms in total. The molecule has 0 spiro atoms. The minimum atomic E-state index is 0.386. The van der Waals surface area contributed by atoms with Gasteiger partial charge in [-0.1, -0.05) is 32.1 Å². The van der Waals surface area contributed by atoms with E-state index < -0.39 is 0 Å². The number of rotatable bonds is 3. The molecule has 2 N–H and O–H groups in total. The van der Waals surface area contributed by atoms with E-state index in [4.69, 9.17) is 10.5 Å². The normalized spacial score (nSPS) is 28.2. The Morgan fingerprint density at radius 3 is 2.88 bits per heavy atom. The molecule has 0 aliphatic heterocycles. The summed E-state index contributed by atoms with van der Waals surface area (Å²) in [4.78, 5) is 5.16. The second-order valence-electron chi connectivity index (χ2n) is 6.01. The maximum Gasteiger partial charge on any atom is 0.180 e. The molecule has 0 radical (unpaired) electrons. The van der Waals surface area contributed by atoms with E-state index >= 15 is 0 Å². The number of anilines is 1. The van der Waals surface area contributed by atoms with Crippen molar-refractivity contribution in [2.75, 3.05) is 5.73 Å². The van der Waals surface area contributed by atoms with Crippen LogP contribution in [0.5, 0.6) is 0 Å². The first-order valence-corrected chi connectivity index (χ1v) is 7.08. The molecule has 1 aromatic rings. The van der Waals surface area contributed by atoms with E-state index in [2.05, 4.69) is 25.8 Å². The third-order valence-electron chi connectivity index (χ3n) is 3.38. The topological polar surface area (TPSA) is 48.1 Å². The zero-order valence-corrected chi connectivity index (χ0v) is 11.7. The van der Waals surface area contributed by atoms with Crippen LogP contribution in [-0.4, -0.2) is 11.1 Å². The van der Waals surface area contributed by atoms with Gasteiger partial charge in [-0.15, -0.1) is 0 Å². The number of thiazole rings is 1. The summed E-state index contributed by atoms with van der Waals surface area (Å²) in [6.07, 6.45) is 5.85. The first-order valence-electron chi connectivity index (χ1n) is 6.26. The zero-order valence-electron chi connectivity index (χ0n) is 10.9. The van der Waals surface area contributed by atoms with Crippen molar-refractivity contribution < 1.29 is 4.74 Å². The lowest BCUT2D eigenvalue weighted by Crippen LogP contribution is -2.32. The fraction of sp³-hybridized carbons (Fsp3) is 0.769. The SMILES string of the molecule is CC1CC(OCc2cnc(N)s2)CC(C)(C)C1. The lowest BCUT2D eigenvalue weighted by molar-refractivity contribution is -0.0307. The molecule has 1 aromatic heterocycles. The number of nitrogens with zero attached hydrogens (tertiary/aromatic N) is 1. The molecule has 1 fully saturated rings. The highest BCUT2D eigenvalue weighted by Gasteiger charge is 2.32. The van der Waals surface area contributed by atoms with Crippen molar-refractivity contribution in [1.29, 1.82) is 0 Å². The molecule has 1 aliphatic carbocycles. The Labute approximate surface area is 107 Å². The molecule has 96 valence electrons. The minimum Gasteiger partial charge on any atom is -0.375 e. The van der Waals surface area contributed by atoms with Gasteiger partial charge in [-0.3, -0.25) is 0 Å². The standard InChI is InChI=1S/C13H22N2OS/c1-9-4-10(6-13(2,3)5-9)16-8-11-7-15-12(14)17-11/h7,9-10H,4-6,8H2,1-3H3,(H2,14,15). The quantitative estimate of drug-likeness (QED) is 0.898. The second kappa shape index (κ2) is 4.94. The number of aromatic nitrogens is 1. The van der Waals surface area contributed by atoms with Gasteiger partial charge in [0.15, 0.2) is 5.13 Å². The highest BCUT2D eigenvalue weighted by molar-refractivity contribution is 7.15. The molecular formula is C13H22N2OS. The van der Waals surface area contributed by atoms with Gasteiger partial charge in [-0.25, -0.2) is 4.98 Å². The molecular weight excluding hydrogens is 232 g/mol. The van der Waals surface area contributed by atoms with Crippen molar-refractivity contribution in [3.8, 4) is 0 Å². The Bertz CT molecular complexity index is 375. The van der Waals surface area contributed by atoms with Gasteiger partial charge in [-0.05, 0) is 30.6 Å². The molecule has 2 atom stereocenters. The molecule has 2 rings (SSSR count). The molecule has 0 saturated heterocycles. The van der Waals surface area contributed by atoms with Gasteiger partial charge >= 0.3 is 0 Å². The van der Waals surface area contributed by atoms with Gasteiger partial charge < -0.3 is 10.5 Å². The molecule has 1 aliphatic rings. The number of nitrogen functional groups attached to an aromatic ring is 1. The predicted octanol–water partition coefficient (Wildman–Crippen LogP) is 3.46. The summed E-state index contributed by atoms with van der Waals surface area (Å²) in [6.45, 7) is 7.65. The fourth-order valence-corrected chi connectivity index (χ4v) is 3.58. The first kappa shape index (κ1) is 12.8. The van der Waals surface area contributed by atoms with Gasteiger partial charge in [-0.2, -0.15) is 0 Å². The van der Waals surface area contributed by atoms with Gasteiger partial charge in [0.05, 0.1) is 17.6 Å². The van der Waals surface area contributed by atoms with E-state index in [-0.39, 0.29) is 0 Å². The van der Waals surface area contributed by atoms with Crippen molar-refractivity contribution in [2.45, 2.75) is 52.7 Å². The number of ether oxygens (including phenoxy) is 1. The third kappa shape index (κ3) is 3.68. The second-order valence-corrected chi connectivity index (χ2v) is 7.16. The Kier molecular flexibility index (Phi) is 3.73. The average molecular weight is 254 g/mol. The number of nitrogens with two attached hydrogens (primary N) is 1. The van der Waals surface area contributed by atoms with E-state index in [9.17, 15) is 0 Å². The third-order valence-corrected chi connectivity index (χ3v) is 4.18. The summed E-state index contributed by atoms with van der Waals surface area (Å²) in [7, 11) is 0. The average Bonchev–Trinajstić information content (AvgIpc) is 2.58. The molecule has 2 unspecified atom stereocenters. The predicted molar refractivity (Wildman–Crippen MR) is 71.9 cm³/mol. The van der Waals surface area contributed by atoms with E-state index in [1.54, 1.807) is 0 Å². The van der Waals surface area contributed by atoms with Crippen LogP contribution in [0.15, 0.2) is 6.20 Å². The lowest BCUT2D eigenvalue weighted by atomic mass is 9.71. The van der Waals surface area contributed by atoms with Crippen LogP contribution in [0.3, 0.4) is 0 Å². The van der Waals surface area contributed by atoms with Crippen molar-refractivity contribution in [3.05, 3.63) is 11.1 Å². The molecule has 1 saturated carbocycles. The zero-order chi connectivity index (χ0) is 12.5. The summed E-state index contributed by atoms with van der Waals surface area (Å²) in [5.41, 5.74) is 6.02. The summed E-state index contributed by atoms with van der Waals surface area (Å²) in [6, 6.07) is 0. The van der Waals surface area contributed by atoms with Crippen molar-refractivity contribution in [3.63, 3.8) is 0 Å². The van der Waals surface area contributed by atoms with E-state index in [1.807, 2.05) is 6.20 Å². The van der Waals surface area contributed by atoms with Crippen LogP contribution < -0.4 is 5.73 Å². The monoisotopic (exact) mass is 254 g/mol. The molecule has 0 bridgehead atoms. The van der Waals surface area contributed by atoms with Crippen LogP contribution in [0.25, 0.3) is 0 Å². The van der Waals surface area contributed by atoms with Crippen molar-refractivity contribution >= 4 is 16.5 Å². The fourth-order valence-electron chi connectivity index (χ4n) is 2.97. The van der Waals surface area contributed by atoms with Gasteiger partial charge in [0.25, 0.3) is 0 Å². The van der Waals surface area contributed by atoms with Crippen LogP contribution in [0.1, 0.15) is 44.9 Å². The molecule has 1 heterocycles. The summed E-state index contributed by atoms with van der Waals surface area (Å²) in [5, 5.41) is 0.626. The van der Waals surface area contributed by atoms with E-state index in [1.165, 1.54) is 24.2 Å². The van der Waals surface area contributed by atoms with E-state index in [0.717, 1.165) is 17.2 Å². The van der Waals surface area contributed by atoms with Crippen LogP contribution in [0.2, 0.25) is 0 Å². The number of hydrogen-bond acceptors (Lipinski definition) is 4. The Balaban J connectivity index is 1.86. The Morgan fingerprint density at radius 1 is 1.53 bits per heavy atom. The van der Waals surface area contributed by atoms with Gasteiger partial charge in [0.2, 0.25) is 0 Å². The van der Waals surface area contributed by atoms with Crippen LogP contribution in [0, 0.1) is 11.3 Å². The first-order chi connectivity index (χ1) is 7.94. The molecule has 0 aromatic carbocycles. The van der Waals surface area contributed by atoms with Crippen LogP contribution >= 0.6 is 11.3 Å². The Hall–Kier alpha value is -0.610. The van der Waals surface area contributed by atoms with Crippen molar-refractivity contribution in [2.24, 2.45) is 11.3 Å². The largest absolute Gasteiger partial charge is 0.375 e. The van der Waals surface area contributed by atoms with Gasteiger partial charge in [0.1, 0.15) is 0 Å². The highest BCUT2D eigenvalue weighted by atomic mass is 32.1. The van der Waals surface area contributed by atoms with Gasteiger partial charge in [0, 0.05) is 6.20 Å². The van der Waals surface area contributed by atoms with Crippen LogP contribution in [-0.2, 0) is 11.3 Å². The molecule has 0 amide bonds. The van der Waals surface area contributed by atoms with Crippen molar-refractivity contribution in [1.82, 2.24) is 4.98 Å². The summed E-state index contributed by atoms with van der Waals surface area (Å²) in [5.74, 6) is 0.760. The molecule has 4 heteroatoms. The minimum absolute atomic E-state index is 0.386. The lowest BCUT2D eigenvalue weighted by Gasteiger charge is -2.38. The Morgan fingerprint density at radius 2 is 2.29 bits per heavy atom. The van der Waals surface area contributed by atoms with Crippen LogP contribution in [0.4, 0.5) is 5.13 Å². The van der Waals surface area contributed by atoms with E-state index in [0.29, 0.717) is 23.3 Å². The summed E-state index contributed by atoms with van der Waals surface area (Å²) >= 11 is 1.52. The summed E-state index contributed by atoms with van der Waals surface area (Å²) < 4.78 is 6.00. The maximum absolute atomic E-state index is 6.00. The number of hydrogen-bond donors (Lipinski definition) is 1. The smallest absolute Gasteiger partial charge is 0.180 e. The maximum atomic E-state index is 6.00. The highest BCUT2D eigenvalue weighted by Crippen LogP contribution is 2.40. The molecule has 17 heavy (non-hydrogen) atoms.